The van der Waals surface area contributed by atoms with Gasteiger partial charge < -0.3 is 5.32 Å². The van der Waals surface area contributed by atoms with E-state index in [1.54, 1.807) is 0 Å². The molecule has 0 radical (unpaired) electrons. The topological polar surface area (TPSA) is 12.0 Å². The highest BCUT2D eigenvalue weighted by Gasteiger charge is 2.20. The fourth-order valence-electron chi connectivity index (χ4n) is 3.40. The van der Waals surface area contributed by atoms with E-state index in [0.29, 0.717) is 0 Å². The third-order valence-electron chi connectivity index (χ3n) is 4.48. The molecule has 0 amide bonds. The molecule has 1 rings (SSSR count). The first kappa shape index (κ1) is 16.0. The van der Waals surface area contributed by atoms with Crippen LogP contribution in [0.15, 0.2) is 0 Å². The molecule has 0 saturated heterocycles. The second-order valence-corrected chi connectivity index (χ2v) is 6.59. The van der Waals surface area contributed by atoms with Crippen LogP contribution in [-0.2, 0) is 0 Å². The van der Waals surface area contributed by atoms with Crippen molar-refractivity contribution < 1.29 is 0 Å². The Kier molecular flexibility index (Phi) is 8.75. The van der Waals surface area contributed by atoms with E-state index >= 15 is 0 Å². The molecule has 0 spiro atoms. The van der Waals surface area contributed by atoms with Gasteiger partial charge in [-0.3, -0.25) is 0 Å². The Morgan fingerprint density at radius 3 is 2.11 bits per heavy atom. The first-order valence-electron chi connectivity index (χ1n) is 8.47. The zero-order chi connectivity index (χ0) is 13.2. The van der Waals surface area contributed by atoms with Crippen LogP contribution >= 0.6 is 0 Å². The summed E-state index contributed by atoms with van der Waals surface area (Å²) in [7, 11) is 0. The Morgan fingerprint density at radius 2 is 1.56 bits per heavy atom. The number of rotatable bonds is 7. The number of nitrogens with one attached hydrogen (secondary N) is 1. The van der Waals surface area contributed by atoms with E-state index < -0.39 is 0 Å². The smallest absolute Gasteiger partial charge is 0.00952 e. The second kappa shape index (κ2) is 9.83. The van der Waals surface area contributed by atoms with Gasteiger partial charge in [-0.25, -0.2) is 0 Å². The maximum absolute atomic E-state index is 3.77. The molecular weight excluding hydrogens is 218 g/mol. The molecule has 1 N–H and O–H groups in total. The van der Waals surface area contributed by atoms with E-state index in [-0.39, 0.29) is 0 Å². The van der Waals surface area contributed by atoms with Crippen LogP contribution in [0.4, 0.5) is 0 Å². The van der Waals surface area contributed by atoms with Crippen molar-refractivity contribution in [1.29, 1.82) is 0 Å². The molecule has 18 heavy (non-hydrogen) atoms. The molecule has 0 aromatic rings. The highest BCUT2D eigenvalue weighted by molar-refractivity contribution is 4.77. The van der Waals surface area contributed by atoms with Crippen LogP contribution in [0.5, 0.6) is 0 Å². The largest absolute Gasteiger partial charge is 0.314 e. The van der Waals surface area contributed by atoms with Crippen LogP contribution in [0.3, 0.4) is 0 Å². The Bertz CT molecular complexity index is 180. The molecule has 0 bridgehead atoms. The summed E-state index contributed by atoms with van der Waals surface area (Å²) >= 11 is 0. The predicted octanol–water partition coefficient (Wildman–Crippen LogP) is 5.15. The Morgan fingerprint density at radius 1 is 0.944 bits per heavy atom. The van der Waals surface area contributed by atoms with Crippen LogP contribution in [0.25, 0.3) is 0 Å². The van der Waals surface area contributed by atoms with E-state index in [9.17, 15) is 0 Å². The van der Waals surface area contributed by atoms with Gasteiger partial charge in [0.2, 0.25) is 0 Å². The van der Waals surface area contributed by atoms with Crippen molar-refractivity contribution in [3.05, 3.63) is 0 Å². The monoisotopic (exact) mass is 253 g/mol. The molecule has 1 saturated carbocycles. The molecule has 1 nitrogen and oxygen atoms in total. The van der Waals surface area contributed by atoms with Crippen molar-refractivity contribution in [2.24, 2.45) is 11.8 Å². The summed E-state index contributed by atoms with van der Waals surface area (Å²) < 4.78 is 0. The third-order valence-corrected chi connectivity index (χ3v) is 4.48. The van der Waals surface area contributed by atoms with Gasteiger partial charge in [0.15, 0.2) is 0 Å². The first-order valence-corrected chi connectivity index (χ1v) is 8.47. The summed E-state index contributed by atoms with van der Waals surface area (Å²) in [5.41, 5.74) is 0. The van der Waals surface area contributed by atoms with Crippen molar-refractivity contribution in [2.45, 2.75) is 91.0 Å². The van der Waals surface area contributed by atoms with E-state index in [0.717, 1.165) is 24.4 Å². The summed E-state index contributed by atoms with van der Waals surface area (Å²) in [6.45, 7) is 8.09. The summed E-state index contributed by atoms with van der Waals surface area (Å²) in [6.07, 6.45) is 14.5. The van der Waals surface area contributed by atoms with Crippen molar-refractivity contribution in [2.75, 3.05) is 6.54 Å². The maximum Gasteiger partial charge on any atom is 0.00952 e. The first-order chi connectivity index (χ1) is 8.74. The quantitative estimate of drug-likeness (QED) is 0.661. The van der Waals surface area contributed by atoms with Gasteiger partial charge >= 0.3 is 0 Å². The van der Waals surface area contributed by atoms with Crippen molar-refractivity contribution in [3.63, 3.8) is 0 Å². The SMILES string of the molecule is CCNC(CCCC(C)C)C1CCCCCCC1. The van der Waals surface area contributed by atoms with Crippen molar-refractivity contribution in [1.82, 2.24) is 5.32 Å². The molecule has 0 heterocycles. The van der Waals surface area contributed by atoms with Gasteiger partial charge in [0, 0.05) is 6.04 Å². The lowest BCUT2D eigenvalue weighted by atomic mass is 9.83. The highest BCUT2D eigenvalue weighted by Crippen LogP contribution is 2.27. The number of hydrogen-bond donors (Lipinski definition) is 1. The average Bonchev–Trinajstić information content (AvgIpc) is 2.27. The standard InChI is InChI=1S/C17H35N/c1-4-18-17(14-10-11-15(2)3)16-12-8-6-5-7-9-13-16/h15-18H,4-14H2,1-3H3. The minimum atomic E-state index is 0.798. The lowest BCUT2D eigenvalue weighted by molar-refractivity contribution is 0.269. The van der Waals surface area contributed by atoms with Crippen LogP contribution in [-0.4, -0.2) is 12.6 Å². The second-order valence-electron chi connectivity index (χ2n) is 6.59. The van der Waals surface area contributed by atoms with Crippen molar-refractivity contribution >= 4 is 0 Å². The van der Waals surface area contributed by atoms with Gasteiger partial charge in [0.1, 0.15) is 0 Å². The molecule has 1 aliphatic rings. The van der Waals surface area contributed by atoms with E-state index in [4.69, 9.17) is 0 Å². The molecular formula is C17H35N. The molecule has 0 aromatic carbocycles. The Labute approximate surface area is 115 Å². The maximum atomic E-state index is 3.77. The minimum absolute atomic E-state index is 0.798. The molecule has 0 aromatic heterocycles. The minimum Gasteiger partial charge on any atom is -0.314 e. The number of hydrogen-bond acceptors (Lipinski definition) is 1. The molecule has 1 fully saturated rings. The van der Waals surface area contributed by atoms with Gasteiger partial charge in [-0.15, -0.1) is 0 Å². The van der Waals surface area contributed by atoms with Gasteiger partial charge in [0.25, 0.3) is 0 Å². The normalized spacial score (nSPS) is 20.7. The molecule has 1 heteroatoms. The summed E-state index contributed by atoms with van der Waals surface area (Å²) in [4.78, 5) is 0. The fourth-order valence-corrected chi connectivity index (χ4v) is 3.40. The van der Waals surface area contributed by atoms with Crippen LogP contribution in [0.1, 0.15) is 85.0 Å². The van der Waals surface area contributed by atoms with Crippen LogP contribution in [0, 0.1) is 11.8 Å². The molecule has 0 aliphatic heterocycles. The molecule has 108 valence electrons. The van der Waals surface area contributed by atoms with E-state index in [2.05, 4.69) is 26.1 Å². The lowest BCUT2D eigenvalue weighted by Crippen LogP contribution is -2.36. The summed E-state index contributed by atoms with van der Waals surface area (Å²) in [5.74, 6) is 1.82. The molecule has 1 atom stereocenters. The van der Waals surface area contributed by atoms with Gasteiger partial charge in [-0.2, -0.15) is 0 Å². The van der Waals surface area contributed by atoms with Gasteiger partial charge in [0.05, 0.1) is 0 Å². The van der Waals surface area contributed by atoms with Crippen LogP contribution in [0.2, 0.25) is 0 Å². The third kappa shape index (κ3) is 6.78. The Hall–Kier alpha value is -0.0400. The van der Waals surface area contributed by atoms with E-state index in [1.165, 1.54) is 64.2 Å². The lowest BCUT2D eigenvalue weighted by Gasteiger charge is -2.29. The summed E-state index contributed by atoms with van der Waals surface area (Å²) in [5, 5.41) is 3.77. The van der Waals surface area contributed by atoms with Crippen LogP contribution < -0.4 is 5.32 Å². The van der Waals surface area contributed by atoms with Gasteiger partial charge in [-0.1, -0.05) is 65.7 Å². The summed E-state index contributed by atoms with van der Waals surface area (Å²) in [6, 6.07) is 0.798. The van der Waals surface area contributed by atoms with Crippen molar-refractivity contribution in [3.8, 4) is 0 Å². The zero-order valence-electron chi connectivity index (χ0n) is 13.0. The predicted molar refractivity (Wildman–Crippen MR) is 82.0 cm³/mol. The van der Waals surface area contributed by atoms with Gasteiger partial charge in [-0.05, 0) is 37.6 Å². The zero-order valence-corrected chi connectivity index (χ0v) is 13.0. The fraction of sp³-hybridized carbons (Fsp3) is 1.00. The Balaban J connectivity index is 2.36. The highest BCUT2D eigenvalue weighted by atomic mass is 14.9. The molecule has 1 aliphatic carbocycles. The average molecular weight is 253 g/mol. The molecule has 1 unspecified atom stereocenters. The van der Waals surface area contributed by atoms with E-state index in [1.807, 2.05) is 0 Å².